The van der Waals surface area contributed by atoms with Gasteiger partial charge in [0.1, 0.15) is 24.1 Å². The summed E-state index contributed by atoms with van der Waals surface area (Å²) in [5.74, 6) is 0.371. The topological polar surface area (TPSA) is 170 Å². The molecule has 2 aliphatic carbocycles. The van der Waals surface area contributed by atoms with Crippen molar-refractivity contribution in [2.24, 2.45) is 16.8 Å². The van der Waals surface area contributed by atoms with Crippen LogP contribution < -0.4 is 16.0 Å². The number of H-pyrrole nitrogens is 1. The van der Waals surface area contributed by atoms with E-state index >= 15 is 0 Å². The van der Waals surface area contributed by atoms with Gasteiger partial charge in [0, 0.05) is 19.6 Å². The largest absolute Gasteiger partial charge is 0.453 e. The van der Waals surface area contributed by atoms with E-state index in [1.54, 1.807) is 0 Å². The Morgan fingerprint density at radius 2 is 1.35 bits per heavy atom. The van der Waals surface area contributed by atoms with Gasteiger partial charge in [-0.3, -0.25) is 19.9 Å². The average molecular weight is 885 g/mol. The molecule has 0 bridgehead atoms. The average Bonchev–Trinajstić information content (AvgIpc) is 4.18. The highest BCUT2D eigenvalue weighted by molar-refractivity contribution is 6.03. The van der Waals surface area contributed by atoms with Gasteiger partial charge in [0.15, 0.2) is 0 Å². The van der Waals surface area contributed by atoms with Crippen LogP contribution in [0, 0.1) is 11.8 Å². The first-order chi connectivity index (χ1) is 31.4. The Kier molecular flexibility index (Phi) is 12.5. The molecule has 0 radical (unpaired) electrons. The summed E-state index contributed by atoms with van der Waals surface area (Å²) < 4.78 is 9.64. The maximum atomic E-state index is 13.8. The quantitative estimate of drug-likeness (QED) is 0.118. The Bertz CT molecular complexity index is 2490. The maximum absolute atomic E-state index is 13.8. The van der Waals surface area contributed by atoms with Gasteiger partial charge >= 0.3 is 12.2 Å². The van der Waals surface area contributed by atoms with Crippen LogP contribution in [-0.4, -0.2) is 108 Å². The number of methoxy groups -OCH3 is 2. The summed E-state index contributed by atoms with van der Waals surface area (Å²) >= 11 is 0. The van der Waals surface area contributed by atoms with E-state index < -0.39 is 24.3 Å². The fourth-order valence-electron chi connectivity index (χ4n) is 11.6. The van der Waals surface area contributed by atoms with Gasteiger partial charge in [0.2, 0.25) is 11.8 Å². The fourth-order valence-corrected chi connectivity index (χ4v) is 11.6. The van der Waals surface area contributed by atoms with Crippen LogP contribution in [0.25, 0.3) is 33.3 Å². The molecule has 5 unspecified atom stereocenters. The smallest absolute Gasteiger partial charge is 0.407 e. The van der Waals surface area contributed by atoms with Crippen molar-refractivity contribution in [3.05, 3.63) is 77.1 Å². The molecule has 1 spiro atoms. The van der Waals surface area contributed by atoms with Crippen molar-refractivity contribution in [3.63, 3.8) is 0 Å². The van der Waals surface area contributed by atoms with E-state index in [9.17, 15) is 19.2 Å². The van der Waals surface area contributed by atoms with Gasteiger partial charge in [-0.05, 0) is 120 Å². The number of carbonyl (C=O) groups excluding carboxylic acids is 4. The predicted octanol–water partition coefficient (Wildman–Crippen LogP) is 7.79. The summed E-state index contributed by atoms with van der Waals surface area (Å²) in [5.41, 5.74) is 12.0. The number of fused-ring (bicyclic) bond motifs is 3. The molecule has 5 atom stereocenters. The summed E-state index contributed by atoms with van der Waals surface area (Å²) in [7, 11) is 2.62. The number of imidazole rings is 1. The molecule has 14 nitrogen and oxygen atoms in total. The minimum absolute atomic E-state index is 0.0867. The van der Waals surface area contributed by atoms with Crippen molar-refractivity contribution >= 4 is 40.7 Å². The van der Waals surface area contributed by atoms with Gasteiger partial charge in [-0.2, -0.15) is 0 Å². The number of alkyl carbamates (subject to hydrolysis) is 2. The number of hydrogen-bond donors (Lipinski definition) is 4. The van der Waals surface area contributed by atoms with Crippen molar-refractivity contribution < 1.29 is 28.7 Å². The Labute approximate surface area is 381 Å². The van der Waals surface area contributed by atoms with Crippen LogP contribution in [0.5, 0.6) is 0 Å². The molecule has 5 aliphatic rings. The molecule has 65 heavy (non-hydrogen) atoms. The lowest BCUT2D eigenvalue weighted by molar-refractivity contribution is -0.136. The number of likely N-dealkylation sites (tertiary alicyclic amines) is 2. The van der Waals surface area contributed by atoms with Crippen LogP contribution in [0.2, 0.25) is 0 Å². The van der Waals surface area contributed by atoms with Crippen molar-refractivity contribution in [1.29, 1.82) is 0 Å². The molecular weight excluding hydrogens is 821 g/mol. The van der Waals surface area contributed by atoms with Crippen molar-refractivity contribution in [3.8, 4) is 22.3 Å². The molecule has 4 heterocycles. The SMILES string of the molecule is COC(=O)NC(C(=O)N1CCCC1c1nc2ccc(-c3ccc(-c4ccc(C5=NC(C6CCCN6C(=O)C(NC(=O)OC)C(C)C)NC5)cc4)c4c3CCC43CCCC3)cc2[nH]1)C(C)C. The highest BCUT2D eigenvalue weighted by atomic mass is 16.5. The molecule has 1 aromatic heterocycles. The monoisotopic (exact) mass is 884 g/mol. The van der Waals surface area contributed by atoms with Crippen molar-refractivity contribution in [1.82, 2.24) is 35.7 Å². The normalized spacial score (nSPS) is 22.2. The number of rotatable bonds is 11. The Morgan fingerprint density at radius 1 is 0.738 bits per heavy atom. The number of aliphatic imine (C=N–C) groups is 1. The molecule has 4 aromatic rings. The molecule has 4 amide bonds. The lowest BCUT2D eigenvalue weighted by atomic mass is 9.76. The minimum atomic E-state index is -0.686. The number of aromatic nitrogens is 2. The summed E-state index contributed by atoms with van der Waals surface area (Å²) in [6.07, 6.45) is 9.09. The van der Waals surface area contributed by atoms with Gasteiger partial charge in [0.25, 0.3) is 0 Å². The van der Waals surface area contributed by atoms with Gasteiger partial charge in [-0.25, -0.2) is 14.6 Å². The molecule has 3 aromatic carbocycles. The highest BCUT2D eigenvalue weighted by Gasteiger charge is 2.44. The van der Waals surface area contributed by atoms with Crippen molar-refractivity contribution in [2.45, 2.75) is 128 Å². The van der Waals surface area contributed by atoms with E-state index in [0.29, 0.717) is 19.6 Å². The van der Waals surface area contributed by atoms with Crippen LogP contribution in [0.3, 0.4) is 0 Å². The highest BCUT2D eigenvalue weighted by Crippen LogP contribution is 2.55. The van der Waals surface area contributed by atoms with Crippen LogP contribution >= 0.6 is 0 Å². The first-order valence-corrected chi connectivity index (χ1v) is 23.8. The maximum Gasteiger partial charge on any atom is 0.407 e. The molecule has 344 valence electrons. The third-order valence-corrected chi connectivity index (χ3v) is 15.0. The summed E-state index contributed by atoms with van der Waals surface area (Å²) in [4.78, 5) is 69.3. The van der Waals surface area contributed by atoms with E-state index in [4.69, 9.17) is 19.5 Å². The molecule has 3 fully saturated rings. The fraction of sp³-hybridized carbons (Fsp3) is 0.529. The predicted molar refractivity (Wildman–Crippen MR) is 251 cm³/mol. The second-order valence-electron chi connectivity index (χ2n) is 19.5. The van der Waals surface area contributed by atoms with E-state index in [1.807, 2.05) is 37.5 Å². The minimum Gasteiger partial charge on any atom is -0.453 e. The van der Waals surface area contributed by atoms with Gasteiger partial charge in [0.05, 0.1) is 43.0 Å². The Balaban J connectivity index is 0.963. The van der Waals surface area contributed by atoms with Crippen LogP contribution in [0.4, 0.5) is 9.59 Å². The van der Waals surface area contributed by atoms with E-state index in [1.165, 1.54) is 67.7 Å². The standard InChI is InChI=1S/C51H64N8O6/c1-29(2)43(56-49(62)64-5)47(60)58-25-9-11-40(58)45-52-28-39(55-45)32-15-13-31(14-16-32)35-19-18-34(36-21-24-51(42(35)36)22-7-8-23-51)33-17-20-37-38(27-33)54-46(53-37)41-12-10-26-59(41)48(61)44(30(3)4)57-50(63)65-6/h13-20,27,29-30,40-41,43-45,52H,7-12,21-26,28H2,1-6H3,(H,53,54)(H,56,62)(H,57,63). The zero-order chi connectivity index (χ0) is 45.6. The summed E-state index contributed by atoms with van der Waals surface area (Å²) in [5, 5.41) is 9.08. The third-order valence-electron chi connectivity index (χ3n) is 15.0. The summed E-state index contributed by atoms with van der Waals surface area (Å²) in [6, 6.07) is 18.4. The molecular formula is C51H64N8O6. The first kappa shape index (κ1) is 44.4. The lowest BCUT2D eigenvalue weighted by Crippen LogP contribution is -2.55. The van der Waals surface area contributed by atoms with Crippen LogP contribution in [-0.2, 0) is 30.9 Å². The molecule has 2 saturated heterocycles. The number of carbonyl (C=O) groups is 4. The van der Waals surface area contributed by atoms with Crippen molar-refractivity contribution in [2.75, 3.05) is 33.9 Å². The van der Waals surface area contributed by atoms with Crippen LogP contribution in [0.15, 0.2) is 59.6 Å². The van der Waals surface area contributed by atoms with Gasteiger partial charge in [-0.15, -0.1) is 0 Å². The molecule has 9 rings (SSSR count). The van der Waals surface area contributed by atoms with E-state index in [2.05, 4.69) is 75.5 Å². The number of aromatic amines is 1. The Morgan fingerprint density at radius 3 is 2.03 bits per heavy atom. The van der Waals surface area contributed by atoms with Gasteiger partial charge in [-0.1, -0.05) is 83.0 Å². The zero-order valence-corrected chi connectivity index (χ0v) is 38.7. The third kappa shape index (κ3) is 8.38. The second-order valence-corrected chi connectivity index (χ2v) is 19.5. The summed E-state index contributed by atoms with van der Waals surface area (Å²) in [6.45, 7) is 9.58. The lowest BCUT2D eigenvalue weighted by Gasteiger charge is -2.32. The van der Waals surface area contributed by atoms with Gasteiger partial charge < -0.3 is 34.9 Å². The second kappa shape index (κ2) is 18.3. The molecule has 4 N–H and O–H groups in total. The molecule has 1 saturated carbocycles. The van der Waals surface area contributed by atoms with E-state index in [-0.39, 0.29) is 47.3 Å². The first-order valence-electron chi connectivity index (χ1n) is 23.8. The Hall–Kier alpha value is -5.76. The van der Waals surface area contributed by atoms with Crippen LogP contribution in [0.1, 0.15) is 114 Å². The zero-order valence-electron chi connectivity index (χ0n) is 38.7. The number of nitrogens with zero attached hydrogens (tertiary/aromatic N) is 4. The molecule has 14 heteroatoms. The number of benzene rings is 3. The number of ether oxygens (including phenoxy) is 2. The number of amides is 4. The molecule has 3 aliphatic heterocycles. The number of nitrogens with one attached hydrogen (secondary N) is 4. The van der Waals surface area contributed by atoms with E-state index in [0.717, 1.165) is 72.2 Å². The number of hydrogen-bond acceptors (Lipinski definition) is 9.